The molecule has 0 spiro atoms. The third-order valence-electron chi connectivity index (χ3n) is 2.15. The van der Waals surface area contributed by atoms with Gasteiger partial charge in [-0.2, -0.15) is 0 Å². The van der Waals surface area contributed by atoms with Crippen LogP contribution in [0.25, 0.3) is 0 Å². The first-order valence-electron chi connectivity index (χ1n) is 4.98. The maximum absolute atomic E-state index is 5.76. The summed E-state index contributed by atoms with van der Waals surface area (Å²) in [6, 6.07) is 0. The lowest BCUT2D eigenvalue weighted by atomic mass is 10.4. The van der Waals surface area contributed by atoms with Crippen molar-refractivity contribution in [3.8, 4) is 0 Å². The fourth-order valence-electron chi connectivity index (χ4n) is 1.20. The van der Waals surface area contributed by atoms with Crippen LogP contribution >= 0.6 is 23.4 Å². The van der Waals surface area contributed by atoms with Crippen LogP contribution in [-0.4, -0.2) is 29.0 Å². The average Bonchev–Trinajstić information content (AvgIpc) is 2.60. The Hall–Kier alpha value is -0.190. The van der Waals surface area contributed by atoms with Crippen molar-refractivity contribution < 1.29 is 4.74 Å². The maximum atomic E-state index is 5.76. The van der Waals surface area contributed by atoms with Crippen LogP contribution in [-0.2, 0) is 17.7 Å². The molecule has 0 saturated heterocycles. The second-order valence-corrected chi connectivity index (χ2v) is 4.60. The number of methoxy groups -OCH3 is 1. The summed E-state index contributed by atoms with van der Waals surface area (Å²) in [5, 5.41) is 1.04. The molecule has 0 saturated carbocycles. The van der Waals surface area contributed by atoms with E-state index >= 15 is 0 Å². The highest BCUT2D eigenvalue weighted by molar-refractivity contribution is 7.99. The van der Waals surface area contributed by atoms with Crippen molar-refractivity contribution in [1.82, 2.24) is 9.55 Å². The second kappa shape index (κ2) is 7.14. The summed E-state index contributed by atoms with van der Waals surface area (Å²) < 4.78 is 7.04. The van der Waals surface area contributed by atoms with E-state index in [0.29, 0.717) is 5.88 Å². The normalized spacial score (nSPS) is 10.9. The van der Waals surface area contributed by atoms with Crippen LogP contribution in [0.4, 0.5) is 0 Å². The summed E-state index contributed by atoms with van der Waals surface area (Å²) in [7, 11) is 3.74. The highest BCUT2D eigenvalue weighted by Crippen LogP contribution is 2.19. The molecule has 0 amide bonds. The van der Waals surface area contributed by atoms with Crippen molar-refractivity contribution in [1.29, 1.82) is 0 Å². The molecule has 0 aliphatic carbocycles. The number of aromatic nitrogens is 2. The van der Waals surface area contributed by atoms with Gasteiger partial charge in [0.15, 0.2) is 5.16 Å². The van der Waals surface area contributed by atoms with Gasteiger partial charge >= 0.3 is 0 Å². The lowest BCUT2D eigenvalue weighted by molar-refractivity contribution is 0.194. The Morgan fingerprint density at radius 3 is 2.93 bits per heavy atom. The fraction of sp³-hybridized carbons (Fsp3) is 0.700. The molecule has 0 unspecified atom stereocenters. The minimum Gasteiger partial charge on any atom is -0.385 e. The number of rotatable bonds is 7. The van der Waals surface area contributed by atoms with Gasteiger partial charge in [-0.15, -0.1) is 11.6 Å². The molecule has 3 nitrogen and oxygen atoms in total. The highest BCUT2D eigenvalue weighted by Gasteiger charge is 2.05. The molecule has 1 rings (SSSR count). The Labute approximate surface area is 100 Å². The van der Waals surface area contributed by atoms with E-state index in [-0.39, 0.29) is 0 Å². The number of thioether (sulfide) groups is 1. The van der Waals surface area contributed by atoms with Crippen molar-refractivity contribution >= 4 is 23.4 Å². The van der Waals surface area contributed by atoms with Crippen LogP contribution in [0.1, 0.15) is 18.5 Å². The van der Waals surface area contributed by atoms with Crippen molar-refractivity contribution in [2.45, 2.75) is 23.9 Å². The molecule has 0 aromatic carbocycles. The molecule has 86 valence electrons. The lowest BCUT2D eigenvalue weighted by Crippen LogP contribution is -1.96. The number of ether oxygens (including phenoxy) is 1. The fourth-order valence-corrected chi connectivity index (χ4v) is 2.41. The molecular weight excluding hydrogens is 232 g/mol. The number of hydrogen-bond donors (Lipinski definition) is 0. The average molecular weight is 249 g/mol. The molecule has 0 radical (unpaired) electrons. The van der Waals surface area contributed by atoms with Gasteiger partial charge < -0.3 is 9.30 Å². The van der Waals surface area contributed by atoms with E-state index in [1.807, 2.05) is 17.8 Å². The van der Waals surface area contributed by atoms with E-state index in [2.05, 4.69) is 4.98 Å². The van der Waals surface area contributed by atoms with E-state index in [1.54, 1.807) is 18.9 Å². The van der Waals surface area contributed by atoms with Crippen molar-refractivity contribution in [2.75, 3.05) is 19.5 Å². The standard InChI is InChI=1S/C10H17ClN2OS/c1-13-9(7-11)8-12-10(13)15-6-4-3-5-14-2/h8H,3-7H2,1-2H3. The number of imidazole rings is 1. The zero-order valence-electron chi connectivity index (χ0n) is 9.20. The van der Waals surface area contributed by atoms with Gasteiger partial charge in [0.05, 0.1) is 17.8 Å². The van der Waals surface area contributed by atoms with Crippen LogP contribution in [0, 0.1) is 0 Å². The topological polar surface area (TPSA) is 27.1 Å². The number of unbranched alkanes of at least 4 members (excludes halogenated alkanes) is 1. The van der Waals surface area contributed by atoms with Crippen LogP contribution in [0.5, 0.6) is 0 Å². The SMILES string of the molecule is COCCCCSc1ncc(CCl)n1C. The molecular formula is C10H17ClN2OS. The summed E-state index contributed by atoms with van der Waals surface area (Å²) in [6.07, 6.45) is 4.10. The molecule has 0 N–H and O–H groups in total. The molecule has 0 bridgehead atoms. The van der Waals surface area contributed by atoms with Gasteiger partial charge in [-0.25, -0.2) is 4.98 Å². The zero-order valence-corrected chi connectivity index (χ0v) is 10.8. The van der Waals surface area contributed by atoms with Gasteiger partial charge in [-0.1, -0.05) is 11.8 Å². The van der Waals surface area contributed by atoms with Crippen LogP contribution in [0.2, 0.25) is 0 Å². The first-order chi connectivity index (χ1) is 7.29. The van der Waals surface area contributed by atoms with E-state index < -0.39 is 0 Å². The van der Waals surface area contributed by atoms with Crippen molar-refractivity contribution in [2.24, 2.45) is 7.05 Å². The van der Waals surface area contributed by atoms with E-state index in [1.165, 1.54) is 0 Å². The Morgan fingerprint density at radius 1 is 1.53 bits per heavy atom. The van der Waals surface area contributed by atoms with E-state index in [9.17, 15) is 0 Å². The largest absolute Gasteiger partial charge is 0.385 e. The van der Waals surface area contributed by atoms with Gasteiger partial charge in [0.2, 0.25) is 0 Å². The Bertz CT molecular complexity index is 291. The summed E-state index contributed by atoms with van der Waals surface area (Å²) >= 11 is 7.53. The predicted molar refractivity (Wildman–Crippen MR) is 64.6 cm³/mol. The minimum atomic E-state index is 0.522. The Kier molecular flexibility index (Phi) is 6.13. The van der Waals surface area contributed by atoms with Gasteiger partial charge in [-0.05, 0) is 12.8 Å². The summed E-state index contributed by atoms with van der Waals surface area (Å²) in [5.74, 6) is 1.60. The number of halogens is 1. The summed E-state index contributed by atoms with van der Waals surface area (Å²) in [5.41, 5.74) is 1.07. The zero-order chi connectivity index (χ0) is 11.1. The summed E-state index contributed by atoms with van der Waals surface area (Å²) in [6.45, 7) is 0.841. The molecule has 5 heteroatoms. The Balaban J connectivity index is 2.28. The van der Waals surface area contributed by atoms with Crippen LogP contribution < -0.4 is 0 Å². The monoisotopic (exact) mass is 248 g/mol. The maximum Gasteiger partial charge on any atom is 0.167 e. The number of nitrogens with zero attached hydrogens (tertiary/aromatic N) is 2. The molecule has 0 fully saturated rings. The number of hydrogen-bond acceptors (Lipinski definition) is 3. The number of alkyl halides is 1. The first-order valence-corrected chi connectivity index (χ1v) is 6.50. The molecule has 1 heterocycles. The van der Waals surface area contributed by atoms with E-state index in [4.69, 9.17) is 16.3 Å². The molecule has 0 atom stereocenters. The minimum absolute atomic E-state index is 0.522. The molecule has 1 aromatic heterocycles. The second-order valence-electron chi connectivity index (χ2n) is 3.27. The molecule has 0 aliphatic rings. The lowest BCUT2D eigenvalue weighted by Gasteiger charge is -2.03. The Morgan fingerprint density at radius 2 is 2.33 bits per heavy atom. The van der Waals surface area contributed by atoms with Gasteiger partial charge in [0, 0.05) is 26.5 Å². The van der Waals surface area contributed by atoms with Crippen molar-refractivity contribution in [3.63, 3.8) is 0 Å². The van der Waals surface area contributed by atoms with Gasteiger partial charge in [-0.3, -0.25) is 0 Å². The van der Waals surface area contributed by atoms with Gasteiger partial charge in [0.25, 0.3) is 0 Å². The van der Waals surface area contributed by atoms with E-state index in [0.717, 1.165) is 36.1 Å². The molecule has 1 aromatic rings. The quantitative estimate of drug-likeness (QED) is 0.422. The highest BCUT2D eigenvalue weighted by atomic mass is 35.5. The van der Waals surface area contributed by atoms with Crippen molar-refractivity contribution in [3.05, 3.63) is 11.9 Å². The third kappa shape index (κ3) is 4.05. The molecule has 0 aliphatic heterocycles. The van der Waals surface area contributed by atoms with Crippen LogP contribution in [0.3, 0.4) is 0 Å². The smallest absolute Gasteiger partial charge is 0.167 e. The van der Waals surface area contributed by atoms with Crippen LogP contribution in [0.15, 0.2) is 11.4 Å². The first kappa shape index (κ1) is 12.9. The molecule has 15 heavy (non-hydrogen) atoms. The third-order valence-corrected chi connectivity index (χ3v) is 3.56. The van der Waals surface area contributed by atoms with Gasteiger partial charge in [0.1, 0.15) is 0 Å². The summed E-state index contributed by atoms with van der Waals surface area (Å²) in [4.78, 5) is 4.31. The predicted octanol–water partition coefficient (Wildman–Crippen LogP) is 2.68.